The van der Waals surface area contributed by atoms with Crippen LogP contribution in [0.1, 0.15) is 32.5 Å². The number of hydrogen-bond acceptors (Lipinski definition) is 4. The molecule has 5 nitrogen and oxygen atoms in total. The van der Waals surface area contributed by atoms with Gasteiger partial charge in [0.1, 0.15) is 0 Å². The van der Waals surface area contributed by atoms with Crippen molar-refractivity contribution in [2.45, 2.75) is 38.9 Å². The maximum Gasteiger partial charge on any atom is 0.0951 e. The molecule has 1 aromatic heterocycles. The fraction of sp³-hybridized carbons (Fsp3) is 0.727. The third kappa shape index (κ3) is 3.04. The minimum Gasteiger partial charge on any atom is -0.394 e. The van der Waals surface area contributed by atoms with E-state index in [4.69, 9.17) is 10.2 Å². The molecule has 0 radical (unpaired) electrons. The van der Waals surface area contributed by atoms with E-state index in [1.807, 2.05) is 0 Å². The highest BCUT2D eigenvalue weighted by molar-refractivity contribution is 5.00. The Hall–Kier alpha value is -0.910. The van der Waals surface area contributed by atoms with E-state index in [1.54, 1.807) is 19.4 Å². The van der Waals surface area contributed by atoms with Crippen molar-refractivity contribution in [1.82, 2.24) is 14.9 Å². The molecule has 0 amide bonds. The molecule has 16 heavy (non-hydrogen) atoms. The van der Waals surface area contributed by atoms with Gasteiger partial charge in [-0.05, 0) is 20.8 Å². The van der Waals surface area contributed by atoms with Gasteiger partial charge in [-0.1, -0.05) is 0 Å². The van der Waals surface area contributed by atoms with Gasteiger partial charge in [0, 0.05) is 18.8 Å². The molecule has 3 N–H and O–H groups in total. The molecular formula is C11H21N3O2. The van der Waals surface area contributed by atoms with Crippen molar-refractivity contribution in [3.8, 4) is 0 Å². The van der Waals surface area contributed by atoms with Crippen LogP contribution in [0.15, 0.2) is 12.5 Å². The van der Waals surface area contributed by atoms with Crippen LogP contribution in [-0.4, -0.2) is 38.5 Å². The van der Waals surface area contributed by atoms with Crippen molar-refractivity contribution in [2.24, 2.45) is 0 Å². The molecular weight excluding hydrogens is 206 g/mol. The molecule has 0 spiro atoms. The Morgan fingerprint density at radius 1 is 1.44 bits per heavy atom. The number of imidazole rings is 1. The van der Waals surface area contributed by atoms with E-state index >= 15 is 0 Å². The first-order valence-electron chi connectivity index (χ1n) is 5.50. The Kier molecular flexibility index (Phi) is 4.46. The van der Waals surface area contributed by atoms with Gasteiger partial charge in [-0.2, -0.15) is 0 Å². The summed E-state index contributed by atoms with van der Waals surface area (Å²) in [6.07, 6.45) is 3.58. The number of nitrogens with zero attached hydrogens (tertiary/aromatic N) is 2. The molecule has 0 aliphatic rings. The minimum atomic E-state index is -0.647. The normalized spacial score (nSPS) is 12.4. The molecule has 1 heterocycles. The molecule has 0 fully saturated rings. The highest BCUT2D eigenvalue weighted by Gasteiger charge is 2.21. The van der Waals surface area contributed by atoms with E-state index < -0.39 is 5.54 Å². The third-order valence-electron chi connectivity index (χ3n) is 2.70. The summed E-state index contributed by atoms with van der Waals surface area (Å²) < 4.78 is 2.06. The monoisotopic (exact) mass is 227 g/mol. The predicted molar refractivity (Wildman–Crippen MR) is 62.0 cm³/mol. The van der Waals surface area contributed by atoms with E-state index in [9.17, 15) is 0 Å². The standard InChI is InChI=1S/C11H21N3O2/c1-9(2)14-8-12-4-10(14)5-13-11(3,6-15)7-16/h4,8-9,13,15-16H,5-7H2,1-3H3. The molecule has 0 saturated carbocycles. The fourth-order valence-electron chi connectivity index (χ4n) is 1.40. The SMILES string of the molecule is CC(C)n1cncc1CNC(C)(CO)CO. The van der Waals surface area contributed by atoms with Gasteiger partial charge in [-0.3, -0.25) is 0 Å². The average Bonchev–Trinajstić information content (AvgIpc) is 2.74. The van der Waals surface area contributed by atoms with Crippen LogP contribution < -0.4 is 5.32 Å². The molecule has 0 atom stereocenters. The molecule has 0 aromatic carbocycles. The first-order valence-corrected chi connectivity index (χ1v) is 5.50. The van der Waals surface area contributed by atoms with Crippen molar-refractivity contribution in [3.63, 3.8) is 0 Å². The van der Waals surface area contributed by atoms with Gasteiger partial charge in [-0.25, -0.2) is 4.98 Å². The van der Waals surface area contributed by atoms with Crippen molar-refractivity contribution >= 4 is 0 Å². The Balaban J connectivity index is 2.64. The minimum absolute atomic E-state index is 0.0979. The van der Waals surface area contributed by atoms with Crippen LogP contribution in [-0.2, 0) is 6.54 Å². The number of aliphatic hydroxyl groups is 2. The van der Waals surface area contributed by atoms with Crippen LogP contribution >= 0.6 is 0 Å². The summed E-state index contributed by atoms with van der Waals surface area (Å²) in [5, 5.41) is 21.4. The zero-order valence-electron chi connectivity index (χ0n) is 10.1. The van der Waals surface area contributed by atoms with Gasteiger partial charge in [-0.15, -0.1) is 0 Å². The molecule has 0 aliphatic heterocycles. The van der Waals surface area contributed by atoms with E-state index in [-0.39, 0.29) is 13.2 Å². The molecule has 0 unspecified atom stereocenters. The zero-order valence-corrected chi connectivity index (χ0v) is 10.1. The third-order valence-corrected chi connectivity index (χ3v) is 2.70. The average molecular weight is 227 g/mol. The Morgan fingerprint density at radius 3 is 2.56 bits per heavy atom. The van der Waals surface area contributed by atoms with Gasteiger partial charge in [0.05, 0.1) is 30.8 Å². The van der Waals surface area contributed by atoms with Crippen molar-refractivity contribution in [2.75, 3.05) is 13.2 Å². The maximum atomic E-state index is 9.15. The number of aromatic nitrogens is 2. The molecule has 0 aliphatic carbocycles. The second-order valence-electron chi connectivity index (χ2n) is 4.62. The topological polar surface area (TPSA) is 70.3 Å². The van der Waals surface area contributed by atoms with Crippen LogP contribution in [0, 0.1) is 0 Å². The summed E-state index contributed by atoms with van der Waals surface area (Å²) in [7, 11) is 0. The largest absolute Gasteiger partial charge is 0.394 e. The van der Waals surface area contributed by atoms with Crippen molar-refractivity contribution in [1.29, 1.82) is 0 Å². The Morgan fingerprint density at radius 2 is 2.06 bits per heavy atom. The van der Waals surface area contributed by atoms with E-state index in [2.05, 4.69) is 28.7 Å². The van der Waals surface area contributed by atoms with Crippen LogP contribution in [0.25, 0.3) is 0 Å². The van der Waals surface area contributed by atoms with Crippen LogP contribution in [0.4, 0.5) is 0 Å². The summed E-state index contributed by atoms with van der Waals surface area (Å²) in [5.41, 5.74) is 0.398. The lowest BCUT2D eigenvalue weighted by atomic mass is 10.1. The quantitative estimate of drug-likeness (QED) is 0.653. The number of hydrogen-bond donors (Lipinski definition) is 3. The van der Waals surface area contributed by atoms with Crippen LogP contribution in [0.5, 0.6) is 0 Å². The second-order valence-corrected chi connectivity index (χ2v) is 4.62. The molecule has 92 valence electrons. The molecule has 1 rings (SSSR count). The summed E-state index contributed by atoms with van der Waals surface area (Å²) in [6.45, 7) is 6.34. The second kappa shape index (κ2) is 5.43. The highest BCUT2D eigenvalue weighted by Crippen LogP contribution is 2.10. The summed E-state index contributed by atoms with van der Waals surface area (Å²) in [6, 6.07) is 0.355. The van der Waals surface area contributed by atoms with E-state index in [0.29, 0.717) is 12.6 Å². The molecule has 0 saturated heterocycles. The van der Waals surface area contributed by atoms with Crippen LogP contribution in [0.2, 0.25) is 0 Å². The van der Waals surface area contributed by atoms with Crippen molar-refractivity contribution in [3.05, 3.63) is 18.2 Å². The lowest BCUT2D eigenvalue weighted by Crippen LogP contribution is -2.48. The zero-order chi connectivity index (χ0) is 12.2. The van der Waals surface area contributed by atoms with Gasteiger partial charge in [0.15, 0.2) is 0 Å². The maximum absolute atomic E-state index is 9.15. The first kappa shape index (κ1) is 13.2. The highest BCUT2D eigenvalue weighted by atomic mass is 16.3. The van der Waals surface area contributed by atoms with Gasteiger partial charge in [0.25, 0.3) is 0 Å². The predicted octanol–water partition coefficient (Wildman–Crippen LogP) is 0.297. The number of rotatable bonds is 6. The molecule has 5 heteroatoms. The number of nitrogens with one attached hydrogen (secondary N) is 1. The van der Waals surface area contributed by atoms with Gasteiger partial charge in [0.2, 0.25) is 0 Å². The Bertz CT molecular complexity index is 319. The van der Waals surface area contributed by atoms with E-state index in [0.717, 1.165) is 5.69 Å². The van der Waals surface area contributed by atoms with Gasteiger partial charge >= 0.3 is 0 Å². The lowest BCUT2D eigenvalue weighted by molar-refractivity contribution is 0.102. The van der Waals surface area contributed by atoms with Gasteiger partial charge < -0.3 is 20.1 Å². The van der Waals surface area contributed by atoms with E-state index in [1.165, 1.54) is 0 Å². The van der Waals surface area contributed by atoms with Crippen molar-refractivity contribution < 1.29 is 10.2 Å². The summed E-state index contributed by atoms with van der Waals surface area (Å²) >= 11 is 0. The lowest BCUT2D eigenvalue weighted by Gasteiger charge is -2.26. The molecule has 1 aromatic rings. The summed E-state index contributed by atoms with van der Waals surface area (Å²) in [4.78, 5) is 4.09. The molecule has 0 bridgehead atoms. The number of aliphatic hydroxyl groups excluding tert-OH is 2. The van der Waals surface area contributed by atoms with Crippen LogP contribution in [0.3, 0.4) is 0 Å². The Labute approximate surface area is 96.1 Å². The summed E-state index contributed by atoms with van der Waals surface area (Å²) in [5.74, 6) is 0. The first-order chi connectivity index (χ1) is 7.52. The smallest absolute Gasteiger partial charge is 0.0951 e. The fourth-order valence-corrected chi connectivity index (χ4v) is 1.40.